The van der Waals surface area contributed by atoms with E-state index >= 15 is 0 Å². The molecular weight excluding hydrogens is 314 g/mol. The molecule has 5 heteroatoms. The van der Waals surface area contributed by atoms with Crippen molar-refractivity contribution in [3.8, 4) is 0 Å². The topological polar surface area (TPSA) is 39.9 Å². The Hall–Kier alpha value is -2.01. The van der Waals surface area contributed by atoms with Crippen LogP contribution in [0.4, 0.5) is 4.79 Å². The SMILES string of the molecule is CN1CC[C@]2(CCN3CCc4c(oc5ccccc45)C3C2)N(C)C1=O. The van der Waals surface area contributed by atoms with Crippen LogP contribution in [0.15, 0.2) is 28.7 Å². The third-order valence-corrected chi connectivity index (χ3v) is 6.80. The van der Waals surface area contributed by atoms with E-state index in [1.807, 2.05) is 30.0 Å². The Morgan fingerprint density at radius 1 is 1.12 bits per heavy atom. The van der Waals surface area contributed by atoms with Crippen molar-refractivity contribution in [3.63, 3.8) is 0 Å². The zero-order valence-electron chi connectivity index (χ0n) is 15.0. The fraction of sp³-hybridized carbons (Fsp3) is 0.550. The van der Waals surface area contributed by atoms with Crippen LogP contribution in [0, 0.1) is 0 Å². The van der Waals surface area contributed by atoms with Crippen molar-refractivity contribution in [2.45, 2.75) is 37.3 Å². The lowest BCUT2D eigenvalue weighted by Gasteiger charge is -2.54. The minimum Gasteiger partial charge on any atom is -0.459 e. The Labute approximate surface area is 148 Å². The summed E-state index contributed by atoms with van der Waals surface area (Å²) in [6.45, 7) is 2.99. The lowest BCUT2D eigenvalue weighted by Crippen LogP contribution is -2.63. The van der Waals surface area contributed by atoms with Gasteiger partial charge in [-0.3, -0.25) is 4.90 Å². The van der Waals surface area contributed by atoms with Gasteiger partial charge in [0.1, 0.15) is 11.3 Å². The van der Waals surface area contributed by atoms with E-state index < -0.39 is 0 Å². The molecule has 3 aliphatic rings. The van der Waals surface area contributed by atoms with E-state index in [4.69, 9.17) is 4.42 Å². The van der Waals surface area contributed by atoms with Gasteiger partial charge in [0.25, 0.3) is 0 Å². The number of urea groups is 1. The zero-order valence-corrected chi connectivity index (χ0v) is 15.0. The van der Waals surface area contributed by atoms with Gasteiger partial charge in [-0.1, -0.05) is 18.2 Å². The van der Waals surface area contributed by atoms with Crippen molar-refractivity contribution >= 4 is 17.0 Å². The summed E-state index contributed by atoms with van der Waals surface area (Å²) in [5, 5.41) is 1.27. The maximum absolute atomic E-state index is 12.6. The second kappa shape index (κ2) is 5.24. The molecule has 0 aliphatic carbocycles. The van der Waals surface area contributed by atoms with Gasteiger partial charge in [-0.2, -0.15) is 0 Å². The summed E-state index contributed by atoms with van der Waals surface area (Å²) in [5.41, 5.74) is 2.36. The molecule has 25 heavy (non-hydrogen) atoms. The number of fused-ring (bicyclic) bond motifs is 5. The summed E-state index contributed by atoms with van der Waals surface area (Å²) in [5.74, 6) is 1.14. The Kier molecular flexibility index (Phi) is 3.20. The van der Waals surface area contributed by atoms with Gasteiger partial charge in [-0.25, -0.2) is 4.79 Å². The summed E-state index contributed by atoms with van der Waals surface area (Å²) in [6.07, 6.45) is 4.16. The number of rotatable bonds is 0. The molecule has 2 amide bonds. The highest BCUT2D eigenvalue weighted by molar-refractivity contribution is 5.82. The molecule has 5 nitrogen and oxygen atoms in total. The van der Waals surface area contributed by atoms with E-state index in [-0.39, 0.29) is 11.6 Å². The van der Waals surface area contributed by atoms with Crippen molar-refractivity contribution in [3.05, 3.63) is 35.6 Å². The fourth-order valence-corrected chi connectivity index (χ4v) is 5.15. The lowest BCUT2D eigenvalue weighted by molar-refractivity contribution is -0.0185. The molecule has 3 aliphatic heterocycles. The number of nitrogens with zero attached hydrogens (tertiary/aromatic N) is 3. The highest BCUT2D eigenvalue weighted by Gasteiger charge is 2.49. The number of para-hydroxylation sites is 1. The Balaban J connectivity index is 1.55. The molecule has 132 valence electrons. The normalized spacial score (nSPS) is 30.0. The molecule has 2 aromatic rings. The van der Waals surface area contributed by atoms with E-state index in [0.717, 1.165) is 56.7 Å². The van der Waals surface area contributed by atoms with Crippen molar-refractivity contribution in [1.82, 2.24) is 14.7 Å². The van der Waals surface area contributed by atoms with E-state index in [9.17, 15) is 4.79 Å². The van der Waals surface area contributed by atoms with Gasteiger partial charge >= 0.3 is 6.03 Å². The van der Waals surface area contributed by atoms with E-state index in [1.54, 1.807) is 0 Å². The zero-order chi connectivity index (χ0) is 17.2. The van der Waals surface area contributed by atoms with Crippen molar-refractivity contribution in [1.29, 1.82) is 0 Å². The van der Waals surface area contributed by atoms with Crippen molar-refractivity contribution in [2.75, 3.05) is 33.7 Å². The van der Waals surface area contributed by atoms with Gasteiger partial charge in [0.15, 0.2) is 0 Å². The van der Waals surface area contributed by atoms with Crippen LogP contribution in [0.5, 0.6) is 0 Å². The smallest absolute Gasteiger partial charge is 0.319 e. The summed E-state index contributed by atoms with van der Waals surface area (Å²) < 4.78 is 6.32. The van der Waals surface area contributed by atoms with Gasteiger partial charge in [0, 0.05) is 50.2 Å². The first-order valence-corrected chi connectivity index (χ1v) is 9.32. The number of furan rings is 1. The van der Waals surface area contributed by atoms with E-state index in [2.05, 4.69) is 23.1 Å². The molecule has 2 atom stereocenters. The van der Waals surface area contributed by atoms with Gasteiger partial charge in [-0.15, -0.1) is 0 Å². The molecule has 5 rings (SSSR count). The largest absolute Gasteiger partial charge is 0.459 e. The van der Waals surface area contributed by atoms with Crippen LogP contribution in [-0.4, -0.2) is 60.0 Å². The van der Waals surface area contributed by atoms with Crippen LogP contribution in [0.25, 0.3) is 11.0 Å². The Morgan fingerprint density at radius 2 is 1.92 bits per heavy atom. The summed E-state index contributed by atoms with van der Waals surface area (Å²) in [7, 11) is 3.88. The number of benzene rings is 1. The summed E-state index contributed by atoms with van der Waals surface area (Å²) >= 11 is 0. The molecule has 1 unspecified atom stereocenters. The van der Waals surface area contributed by atoms with Crippen molar-refractivity contribution in [2.24, 2.45) is 0 Å². The van der Waals surface area contributed by atoms with Gasteiger partial charge in [0.2, 0.25) is 0 Å². The number of amides is 2. The average molecular weight is 339 g/mol. The average Bonchev–Trinajstić information content (AvgIpc) is 3.03. The molecule has 0 saturated carbocycles. The third-order valence-electron chi connectivity index (χ3n) is 6.80. The molecule has 1 aromatic heterocycles. The number of hydrogen-bond acceptors (Lipinski definition) is 3. The molecule has 1 aromatic carbocycles. The highest BCUT2D eigenvalue weighted by Crippen LogP contribution is 2.47. The molecule has 2 saturated heterocycles. The van der Waals surface area contributed by atoms with Crippen molar-refractivity contribution < 1.29 is 9.21 Å². The van der Waals surface area contributed by atoms with Crippen LogP contribution in [0.3, 0.4) is 0 Å². The molecule has 0 N–H and O–H groups in total. The van der Waals surface area contributed by atoms with Crippen LogP contribution < -0.4 is 0 Å². The van der Waals surface area contributed by atoms with Crippen LogP contribution in [0.1, 0.15) is 36.6 Å². The molecule has 0 bridgehead atoms. The lowest BCUT2D eigenvalue weighted by atomic mass is 9.76. The molecular formula is C20H25N3O2. The van der Waals surface area contributed by atoms with Gasteiger partial charge in [-0.05, 0) is 31.7 Å². The number of hydrogen-bond donors (Lipinski definition) is 0. The first-order chi connectivity index (χ1) is 12.1. The maximum Gasteiger partial charge on any atom is 0.319 e. The van der Waals surface area contributed by atoms with Crippen LogP contribution in [0.2, 0.25) is 0 Å². The Bertz CT molecular complexity index is 845. The number of piperidine rings is 1. The molecule has 4 heterocycles. The van der Waals surface area contributed by atoms with Crippen LogP contribution >= 0.6 is 0 Å². The quantitative estimate of drug-likeness (QED) is 0.740. The minimum atomic E-state index is -0.0294. The summed E-state index contributed by atoms with van der Waals surface area (Å²) in [6, 6.07) is 8.83. The predicted molar refractivity (Wildman–Crippen MR) is 96.6 cm³/mol. The predicted octanol–water partition coefficient (Wildman–Crippen LogP) is 3.25. The maximum atomic E-state index is 12.6. The molecule has 2 fully saturated rings. The second-order valence-corrected chi connectivity index (χ2v) is 7.93. The second-order valence-electron chi connectivity index (χ2n) is 7.93. The summed E-state index contributed by atoms with van der Waals surface area (Å²) in [4.78, 5) is 19.0. The van der Waals surface area contributed by atoms with Gasteiger partial charge in [0.05, 0.1) is 6.04 Å². The monoisotopic (exact) mass is 339 g/mol. The first-order valence-electron chi connectivity index (χ1n) is 9.32. The standard InChI is InChI=1S/C20H25N3O2/c1-21-11-8-20(22(2)19(21)24)9-12-23-10-7-15-14-5-3-4-6-17(14)25-18(15)16(23)13-20/h3-6,16H,7-13H2,1-2H3/t16?,20-/m1/s1. The van der Waals surface area contributed by atoms with E-state index in [1.165, 1.54) is 10.9 Å². The Morgan fingerprint density at radius 3 is 2.80 bits per heavy atom. The van der Waals surface area contributed by atoms with Crippen LogP contribution in [-0.2, 0) is 6.42 Å². The first kappa shape index (κ1) is 15.3. The molecule has 1 spiro atoms. The van der Waals surface area contributed by atoms with E-state index in [0.29, 0.717) is 6.04 Å². The van der Waals surface area contributed by atoms with Gasteiger partial charge < -0.3 is 14.2 Å². The fourth-order valence-electron chi connectivity index (χ4n) is 5.15. The highest BCUT2D eigenvalue weighted by atomic mass is 16.3. The minimum absolute atomic E-state index is 0.0294. The third kappa shape index (κ3) is 2.08. The number of carbonyl (C=O) groups is 1. The number of carbonyl (C=O) groups excluding carboxylic acids is 1. The molecule has 0 radical (unpaired) electrons.